The summed E-state index contributed by atoms with van der Waals surface area (Å²) in [4.78, 5) is 24.6. The number of hydrogen-bond donors (Lipinski definition) is 1. The topological polar surface area (TPSA) is 58.1 Å². The molecular formula is C21H22N4OS. The molecule has 27 heavy (non-hydrogen) atoms. The fraction of sp³-hybridized carbons (Fsp3) is 0.286. The molecule has 0 radical (unpaired) electrons. The maximum absolute atomic E-state index is 13.1. The van der Waals surface area contributed by atoms with Gasteiger partial charge in [0, 0.05) is 35.0 Å². The highest BCUT2D eigenvalue weighted by atomic mass is 32.2. The SMILES string of the molecule is CN(C)CCCNC(=O)c1c2c(nc3ccccc13)-c1cccnc1SC2. The molecule has 2 aromatic heterocycles. The Bertz CT molecular complexity index is 1000. The van der Waals surface area contributed by atoms with Gasteiger partial charge in [0.15, 0.2) is 0 Å². The number of aromatic nitrogens is 2. The van der Waals surface area contributed by atoms with Crippen LogP contribution in [0.25, 0.3) is 22.2 Å². The molecule has 0 atom stereocenters. The molecule has 1 N–H and O–H groups in total. The Morgan fingerprint density at radius 1 is 1.22 bits per heavy atom. The number of benzene rings is 1. The van der Waals surface area contributed by atoms with E-state index in [4.69, 9.17) is 4.98 Å². The van der Waals surface area contributed by atoms with Gasteiger partial charge < -0.3 is 10.2 Å². The molecule has 0 bridgehead atoms. The quantitative estimate of drug-likeness (QED) is 0.688. The van der Waals surface area contributed by atoms with Gasteiger partial charge in [0.1, 0.15) is 5.03 Å². The van der Waals surface area contributed by atoms with Crippen molar-refractivity contribution in [2.75, 3.05) is 27.2 Å². The Balaban J connectivity index is 1.77. The minimum absolute atomic E-state index is 0.0171. The molecule has 1 aliphatic heterocycles. The normalized spacial score (nSPS) is 12.7. The molecule has 5 nitrogen and oxygen atoms in total. The second-order valence-electron chi connectivity index (χ2n) is 6.89. The van der Waals surface area contributed by atoms with E-state index < -0.39 is 0 Å². The minimum atomic E-state index is -0.0171. The van der Waals surface area contributed by atoms with Gasteiger partial charge in [-0.15, -0.1) is 11.8 Å². The number of pyridine rings is 2. The lowest BCUT2D eigenvalue weighted by atomic mass is 9.97. The molecular weight excluding hydrogens is 356 g/mol. The molecule has 3 aromatic rings. The first-order valence-electron chi connectivity index (χ1n) is 9.08. The van der Waals surface area contributed by atoms with E-state index in [1.165, 1.54) is 0 Å². The minimum Gasteiger partial charge on any atom is -0.352 e. The first-order chi connectivity index (χ1) is 13.1. The summed E-state index contributed by atoms with van der Waals surface area (Å²) in [6, 6.07) is 11.8. The predicted octanol–water partition coefficient (Wildman–Crippen LogP) is 3.58. The number of rotatable bonds is 5. The number of amides is 1. The highest BCUT2D eigenvalue weighted by molar-refractivity contribution is 7.98. The van der Waals surface area contributed by atoms with Gasteiger partial charge >= 0.3 is 0 Å². The largest absolute Gasteiger partial charge is 0.352 e. The van der Waals surface area contributed by atoms with Crippen LogP contribution in [-0.2, 0) is 5.75 Å². The summed E-state index contributed by atoms with van der Waals surface area (Å²) in [5.74, 6) is 0.689. The van der Waals surface area contributed by atoms with E-state index in [1.54, 1.807) is 18.0 Å². The van der Waals surface area contributed by atoms with E-state index in [-0.39, 0.29) is 5.91 Å². The van der Waals surface area contributed by atoms with Crippen molar-refractivity contribution in [2.24, 2.45) is 0 Å². The van der Waals surface area contributed by atoms with Gasteiger partial charge in [-0.25, -0.2) is 9.97 Å². The third-order valence-electron chi connectivity index (χ3n) is 4.67. The second-order valence-corrected chi connectivity index (χ2v) is 7.85. The smallest absolute Gasteiger partial charge is 0.252 e. The summed E-state index contributed by atoms with van der Waals surface area (Å²) in [6.07, 6.45) is 2.72. The van der Waals surface area contributed by atoms with Gasteiger partial charge in [-0.2, -0.15) is 0 Å². The van der Waals surface area contributed by atoms with Crippen molar-refractivity contribution in [3.63, 3.8) is 0 Å². The highest BCUT2D eigenvalue weighted by Gasteiger charge is 2.26. The summed E-state index contributed by atoms with van der Waals surface area (Å²) in [5, 5.41) is 4.99. The molecule has 0 spiro atoms. The zero-order valence-corrected chi connectivity index (χ0v) is 16.3. The number of carbonyl (C=O) groups is 1. The first kappa shape index (κ1) is 17.9. The van der Waals surface area contributed by atoms with Crippen LogP contribution in [0.1, 0.15) is 22.3 Å². The lowest BCUT2D eigenvalue weighted by Crippen LogP contribution is -2.28. The summed E-state index contributed by atoms with van der Waals surface area (Å²) < 4.78 is 0. The molecule has 0 saturated heterocycles. The fourth-order valence-corrected chi connectivity index (χ4v) is 4.40. The van der Waals surface area contributed by atoms with Gasteiger partial charge in [0.05, 0.1) is 16.8 Å². The number of fused-ring (bicyclic) bond motifs is 4. The molecule has 3 heterocycles. The predicted molar refractivity (Wildman–Crippen MR) is 110 cm³/mol. The maximum atomic E-state index is 13.1. The first-order valence-corrected chi connectivity index (χ1v) is 10.1. The van der Waals surface area contributed by atoms with Crippen LogP contribution in [-0.4, -0.2) is 48.0 Å². The molecule has 1 aromatic carbocycles. The Morgan fingerprint density at radius 2 is 2.07 bits per heavy atom. The number of nitrogens with zero attached hydrogens (tertiary/aromatic N) is 3. The maximum Gasteiger partial charge on any atom is 0.252 e. The zero-order chi connectivity index (χ0) is 18.8. The number of hydrogen-bond acceptors (Lipinski definition) is 5. The molecule has 0 saturated carbocycles. The summed E-state index contributed by atoms with van der Waals surface area (Å²) >= 11 is 1.67. The third-order valence-corrected chi connectivity index (χ3v) is 5.70. The summed E-state index contributed by atoms with van der Waals surface area (Å²) in [5.41, 5.74) is 4.49. The van der Waals surface area contributed by atoms with E-state index in [2.05, 4.69) is 15.2 Å². The average Bonchev–Trinajstić information content (AvgIpc) is 2.69. The molecule has 4 rings (SSSR count). The number of thioether (sulfide) groups is 1. The highest BCUT2D eigenvalue weighted by Crippen LogP contribution is 2.42. The van der Waals surface area contributed by atoms with Crippen molar-refractivity contribution in [2.45, 2.75) is 17.2 Å². The monoisotopic (exact) mass is 378 g/mol. The van der Waals surface area contributed by atoms with Crippen LogP contribution in [0, 0.1) is 0 Å². The number of para-hydroxylation sites is 1. The van der Waals surface area contributed by atoms with Gasteiger partial charge in [-0.3, -0.25) is 4.79 Å². The van der Waals surface area contributed by atoms with Crippen LogP contribution in [0.2, 0.25) is 0 Å². The van der Waals surface area contributed by atoms with E-state index in [9.17, 15) is 4.79 Å². The van der Waals surface area contributed by atoms with Gasteiger partial charge in [0.25, 0.3) is 5.91 Å². The van der Waals surface area contributed by atoms with E-state index in [1.807, 2.05) is 50.5 Å². The van der Waals surface area contributed by atoms with Crippen LogP contribution in [0.5, 0.6) is 0 Å². The van der Waals surface area contributed by atoms with Crippen LogP contribution in [0.4, 0.5) is 0 Å². The lowest BCUT2D eigenvalue weighted by Gasteiger charge is -2.21. The second kappa shape index (κ2) is 7.66. The molecule has 0 unspecified atom stereocenters. The molecule has 138 valence electrons. The van der Waals surface area contributed by atoms with Crippen molar-refractivity contribution in [1.82, 2.24) is 20.2 Å². The number of nitrogens with one attached hydrogen (secondary N) is 1. The standard InChI is InChI=1S/C21H22N4OS/c1-25(2)12-6-11-22-20(26)18-14-7-3-4-9-17(14)24-19-15-8-5-10-23-21(15)27-13-16(18)19/h3-5,7-10H,6,11-13H2,1-2H3,(H,22,26). The van der Waals surface area contributed by atoms with Crippen molar-refractivity contribution in [3.8, 4) is 11.3 Å². The molecule has 0 aliphatic carbocycles. The van der Waals surface area contributed by atoms with Crippen LogP contribution < -0.4 is 5.32 Å². The summed E-state index contributed by atoms with van der Waals surface area (Å²) in [6.45, 7) is 1.61. The average molecular weight is 379 g/mol. The molecule has 1 amide bonds. The Kier molecular flexibility index (Phi) is 5.09. The van der Waals surface area contributed by atoms with Crippen molar-refractivity contribution in [3.05, 3.63) is 53.7 Å². The van der Waals surface area contributed by atoms with Crippen LogP contribution in [0.3, 0.4) is 0 Å². The van der Waals surface area contributed by atoms with Crippen molar-refractivity contribution >= 4 is 28.6 Å². The zero-order valence-electron chi connectivity index (χ0n) is 15.5. The van der Waals surface area contributed by atoms with Crippen LogP contribution >= 0.6 is 11.8 Å². The van der Waals surface area contributed by atoms with E-state index in [0.29, 0.717) is 12.3 Å². The fourth-order valence-electron chi connectivity index (χ4n) is 3.39. The van der Waals surface area contributed by atoms with Gasteiger partial charge in [0.2, 0.25) is 0 Å². The Labute approximate surface area is 163 Å². The molecule has 0 fully saturated rings. The van der Waals surface area contributed by atoms with E-state index in [0.717, 1.165) is 51.3 Å². The lowest BCUT2D eigenvalue weighted by molar-refractivity contribution is 0.0953. The van der Waals surface area contributed by atoms with Crippen LogP contribution in [0.15, 0.2) is 47.6 Å². The number of carbonyl (C=O) groups excluding carboxylic acids is 1. The summed E-state index contributed by atoms with van der Waals surface area (Å²) in [7, 11) is 4.08. The van der Waals surface area contributed by atoms with Crippen molar-refractivity contribution < 1.29 is 4.79 Å². The third kappa shape index (κ3) is 3.55. The molecule has 1 aliphatic rings. The van der Waals surface area contributed by atoms with E-state index >= 15 is 0 Å². The van der Waals surface area contributed by atoms with Gasteiger partial charge in [-0.1, -0.05) is 18.2 Å². The molecule has 6 heteroatoms. The van der Waals surface area contributed by atoms with Crippen molar-refractivity contribution in [1.29, 1.82) is 0 Å². The Hall–Kier alpha value is -2.44. The Morgan fingerprint density at radius 3 is 2.93 bits per heavy atom. The van der Waals surface area contributed by atoms with Gasteiger partial charge in [-0.05, 0) is 45.3 Å².